The minimum Gasteiger partial charge on any atom is -0.0848 e. The summed E-state index contributed by atoms with van der Waals surface area (Å²) in [5.41, 5.74) is 1.93. The van der Waals surface area contributed by atoms with E-state index in [0.29, 0.717) is 0 Å². The molecule has 3 fully saturated rings. The van der Waals surface area contributed by atoms with E-state index in [2.05, 4.69) is 33.9 Å². The second kappa shape index (κ2) is 2.78. The Morgan fingerprint density at radius 3 is 2.71 bits per heavy atom. The lowest BCUT2D eigenvalue weighted by molar-refractivity contribution is 0.238. The monoisotopic (exact) mass is 222 g/mol. The van der Waals surface area contributed by atoms with E-state index in [1.54, 1.807) is 0 Å². The van der Waals surface area contributed by atoms with Gasteiger partial charge in [0, 0.05) is 0 Å². The van der Waals surface area contributed by atoms with Gasteiger partial charge in [-0.2, -0.15) is 0 Å². The second-order valence-corrected chi connectivity index (χ2v) is 7.52. The minimum absolute atomic E-state index is 0.924. The summed E-state index contributed by atoms with van der Waals surface area (Å²) in [7, 11) is 5.04. The van der Waals surface area contributed by atoms with Gasteiger partial charge in [0.2, 0.25) is 0 Å². The van der Waals surface area contributed by atoms with Gasteiger partial charge in [0.05, 0.1) is 0 Å². The lowest BCUT2D eigenvalue weighted by Crippen LogP contribution is -2.29. The van der Waals surface area contributed by atoms with Crippen LogP contribution in [0.2, 0.25) is 11.6 Å². The van der Waals surface area contributed by atoms with Crippen molar-refractivity contribution in [2.24, 2.45) is 41.4 Å². The summed E-state index contributed by atoms with van der Waals surface area (Å²) in [6, 6.07) is 0. The lowest BCUT2D eigenvalue weighted by Gasteiger charge is -2.37. The molecule has 0 aromatic heterocycles. The first-order valence-electron chi connectivity index (χ1n) is 7.65. The fraction of sp³-hybridized carbons (Fsp3) is 0.733. The topological polar surface area (TPSA) is 0 Å². The Hall–Kier alpha value is -0.390. The lowest BCUT2D eigenvalue weighted by atomic mass is 9.55. The molecule has 3 saturated carbocycles. The first-order chi connectivity index (χ1) is 8.25. The van der Waals surface area contributed by atoms with Crippen LogP contribution in [0.25, 0.3) is 0 Å². The van der Waals surface area contributed by atoms with Crippen molar-refractivity contribution in [1.29, 1.82) is 0 Å². The summed E-state index contributed by atoms with van der Waals surface area (Å²) in [4.78, 5) is 0. The molecular formula is C15H20B2. The standard InChI is InChI=1S/C15H20B2/c16-14-10-5-11(15(14)17)13-9(10)4-8-6-1-2-7(3-6)12(8)13/h1-2,4,6-8,10-15H,3,5,16-17H2. The molecule has 5 aliphatic rings. The summed E-state index contributed by atoms with van der Waals surface area (Å²) in [5, 5.41) is 0. The number of hydrogen-bond donors (Lipinski definition) is 0. The largest absolute Gasteiger partial charge is 0.105 e. The van der Waals surface area contributed by atoms with Crippen LogP contribution in [-0.2, 0) is 0 Å². The van der Waals surface area contributed by atoms with Crippen molar-refractivity contribution in [2.75, 3.05) is 0 Å². The molecule has 0 aromatic rings. The minimum atomic E-state index is 0.924. The summed E-state index contributed by atoms with van der Waals surface area (Å²) in [5.74, 6) is 8.84. The molecule has 0 radical (unpaired) electrons. The summed E-state index contributed by atoms with van der Waals surface area (Å²) in [6.07, 6.45) is 10.9. The van der Waals surface area contributed by atoms with Crippen molar-refractivity contribution in [3.8, 4) is 0 Å². The Morgan fingerprint density at radius 1 is 1.00 bits per heavy atom. The van der Waals surface area contributed by atoms with E-state index in [-0.39, 0.29) is 0 Å². The van der Waals surface area contributed by atoms with E-state index in [1.807, 2.05) is 5.57 Å². The van der Waals surface area contributed by atoms with Crippen LogP contribution in [0.5, 0.6) is 0 Å². The van der Waals surface area contributed by atoms with E-state index >= 15 is 0 Å². The molecule has 0 aromatic carbocycles. The van der Waals surface area contributed by atoms with Gasteiger partial charge in [0.1, 0.15) is 15.7 Å². The van der Waals surface area contributed by atoms with Crippen LogP contribution in [0.15, 0.2) is 23.8 Å². The van der Waals surface area contributed by atoms with Gasteiger partial charge in [-0.1, -0.05) is 35.4 Å². The van der Waals surface area contributed by atoms with Crippen molar-refractivity contribution < 1.29 is 0 Å². The molecule has 17 heavy (non-hydrogen) atoms. The van der Waals surface area contributed by atoms with Gasteiger partial charge < -0.3 is 0 Å². The molecule has 0 heterocycles. The molecule has 9 atom stereocenters. The Kier molecular flexibility index (Phi) is 1.56. The van der Waals surface area contributed by atoms with E-state index in [4.69, 9.17) is 0 Å². The third-order valence-corrected chi connectivity index (χ3v) is 7.32. The Bertz CT molecular complexity index is 452. The molecule has 0 amide bonds. The first kappa shape index (κ1) is 9.53. The summed E-state index contributed by atoms with van der Waals surface area (Å²) >= 11 is 0. The van der Waals surface area contributed by atoms with Gasteiger partial charge in [0.15, 0.2) is 0 Å². The van der Waals surface area contributed by atoms with Crippen LogP contribution >= 0.6 is 0 Å². The Balaban J connectivity index is 1.61. The molecule has 0 saturated heterocycles. The van der Waals surface area contributed by atoms with E-state index in [1.165, 1.54) is 12.8 Å². The quantitative estimate of drug-likeness (QED) is 0.430. The Morgan fingerprint density at radius 2 is 1.82 bits per heavy atom. The van der Waals surface area contributed by atoms with E-state index in [9.17, 15) is 0 Å². The number of hydrogen-bond acceptors (Lipinski definition) is 0. The van der Waals surface area contributed by atoms with Gasteiger partial charge >= 0.3 is 0 Å². The van der Waals surface area contributed by atoms with Crippen molar-refractivity contribution in [3.63, 3.8) is 0 Å². The molecule has 0 N–H and O–H groups in total. The number of allylic oxidation sites excluding steroid dienone is 4. The molecule has 86 valence electrons. The molecule has 2 heteroatoms. The van der Waals surface area contributed by atoms with Crippen LogP contribution in [0.4, 0.5) is 0 Å². The average Bonchev–Trinajstić information content (AvgIpc) is 3.03. The predicted molar refractivity (Wildman–Crippen MR) is 75.5 cm³/mol. The summed E-state index contributed by atoms with van der Waals surface area (Å²) in [6.45, 7) is 0. The first-order valence-corrected chi connectivity index (χ1v) is 7.65. The third-order valence-electron chi connectivity index (χ3n) is 7.32. The maximum absolute atomic E-state index is 2.76. The number of fused-ring (bicyclic) bond motifs is 11. The molecule has 0 aliphatic heterocycles. The van der Waals surface area contributed by atoms with Gasteiger partial charge in [0.25, 0.3) is 0 Å². The van der Waals surface area contributed by atoms with Crippen molar-refractivity contribution in [1.82, 2.24) is 0 Å². The van der Waals surface area contributed by atoms with Crippen LogP contribution < -0.4 is 0 Å². The highest BCUT2D eigenvalue weighted by molar-refractivity contribution is 6.22. The van der Waals surface area contributed by atoms with E-state index < -0.39 is 0 Å². The maximum Gasteiger partial charge on any atom is 0.105 e. The smallest absolute Gasteiger partial charge is 0.0848 e. The third kappa shape index (κ3) is 0.902. The highest BCUT2D eigenvalue weighted by Gasteiger charge is 2.61. The maximum atomic E-state index is 2.76. The fourth-order valence-electron chi connectivity index (χ4n) is 6.49. The van der Waals surface area contributed by atoms with E-state index in [0.717, 1.165) is 53.1 Å². The zero-order chi connectivity index (χ0) is 11.3. The van der Waals surface area contributed by atoms with Gasteiger partial charge in [-0.15, -0.1) is 0 Å². The average molecular weight is 222 g/mol. The van der Waals surface area contributed by atoms with Gasteiger partial charge in [-0.3, -0.25) is 0 Å². The predicted octanol–water partition coefficient (Wildman–Crippen LogP) is 1.47. The highest BCUT2D eigenvalue weighted by Crippen LogP contribution is 2.70. The molecule has 0 nitrogen and oxygen atoms in total. The molecule has 0 spiro atoms. The number of rotatable bonds is 0. The van der Waals surface area contributed by atoms with Crippen LogP contribution in [0.1, 0.15) is 12.8 Å². The molecular weight excluding hydrogens is 202 g/mol. The zero-order valence-electron chi connectivity index (χ0n) is 10.8. The Labute approximate surface area is 106 Å². The second-order valence-electron chi connectivity index (χ2n) is 7.52. The van der Waals surface area contributed by atoms with Crippen LogP contribution in [0.3, 0.4) is 0 Å². The molecule has 5 aliphatic carbocycles. The fourth-order valence-corrected chi connectivity index (χ4v) is 6.49. The van der Waals surface area contributed by atoms with Crippen LogP contribution in [-0.4, -0.2) is 15.7 Å². The van der Waals surface area contributed by atoms with Gasteiger partial charge in [-0.05, 0) is 54.3 Å². The highest BCUT2D eigenvalue weighted by atomic mass is 14.6. The van der Waals surface area contributed by atoms with Crippen molar-refractivity contribution in [2.45, 2.75) is 24.5 Å². The van der Waals surface area contributed by atoms with Crippen molar-refractivity contribution >= 4 is 15.7 Å². The van der Waals surface area contributed by atoms with Gasteiger partial charge in [-0.25, -0.2) is 0 Å². The van der Waals surface area contributed by atoms with Crippen molar-refractivity contribution in [3.05, 3.63) is 23.8 Å². The summed E-state index contributed by atoms with van der Waals surface area (Å²) < 4.78 is 0. The normalized spacial score (nSPS) is 65.2. The molecule has 4 bridgehead atoms. The molecule has 5 rings (SSSR count). The SMILES string of the molecule is BC1C2CC(C1B)C1C2=CC2C3C=CC(C3)C21. The molecule has 9 unspecified atom stereocenters. The zero-order valence-corrected chi connectivity index (χ0v) is 10.8. The van der Waals surface area contributed by atoms with Crippen LogP contribution in [0, 0.1) is 41.4 Å².